The summed E-state index contributed by atoms with van der Waals surface area (Å²) in [6.07, 6.45) is 5.45. The molecule has 0 amide bonds. The van der Waals surface area contributed by atoms with Crippen LogP contribution in [0.15, 0.2) is 23.6 Å². The first kappa shape index (κ1) is 13.2. The average Bonchev–Trinajstić information content (AvgIpc) is 2.82. The molecule has 2 heterocycles. The summed E-state index contributed by atoms with van der Waals surface area (Å²) in [5.74, 6) is 1.53. The first-order valence-electron chi connectivity index (χ1n) is 6.19. The zero-order valence-corrected chi connectivity index (χ0v) is 11.7. The van der Waals surface area contributed by atoms with Crippen LogP contribution in [-0.2, 0) is 0 Å². The fourth-order valence-electron chi connectivity index (χ4n) is 1.83. The van der Waals surface area contributed by atoms with Gasteiger partial charge in [0.2, 0.25) is 0 Å². The maximum absolute atomic E-state index is 5.78. The third-order valence-electron chi connectivity index (χ3n) is 2.90. The van der Waals surface area contributed by atoms with E-state index in [0.29, 0.717) is 5.82 Å². The van der Waals surface area contributed by atoms with Crippen molar-refractivity contribution in [2.45, 2.75) is 18.9 Å². The van der Waals surface area contributed by atoms with Crippen LogP contribution in [0.4, 0.5) is 5.82 Å². The van der Waals surface area contributed by atoms with Gasteiger partial charge < -0.3 is 15.0 Å². The number of rotatable bonds is 6. The fraction of sp³-hybridized carbons (Fsp3) is 0.500. The highest BCUT2D eigenvalue weighted by molar-refractivity contribution is 7.99. The van der Waals surface area contributed by atoms with Crippen molar-refractivity contribution >= 4 is 23.2 Å². The van der Waals surface area contributed by atoms with Gasteiger partial charge in [0, 0.05) is 24.7 Å². The first-order chi connectivity index (χ1) is 8.74. The molecule has 0 unspecified atom stereocenters. The molecule has 0 atom stereocenters. The Labute approximate surface area is 111 Å². The van der Waals surface area contributed by atoms with Crippen molar-refractivity contribution in [1.29, 1.82) is 0 Å². The number of thioether (sulfide) groups is 1. The van der Waals surface area contributed by atoms with E-state index in [-0.39, 0.29) is 0 Å². The maximum Gasteiger partial charge on any atom is 0.169 e. The number of hydrogen-bond donors (Lipinski definition) is 1. The van der Waals surface area contributed by atoms with Crippen LogP contribution in [0.25, 0.3) is 5.65 Å². The molecule has 0 aliphatic heterocycles. The Morgan fingerprint density at radius 3 is 2.89 bits per heavy atom. The molecule has 0 aliphatic carbocycles. The first-order valence-corrected chi connectivity index (χ1v) is 7.17. The van der Waals surface area contributed by atoms with E-state index < -0.39 is 0 Å². The fourth-order valence-corrected chi connectivity index (χ4v) is 2.83. The van der Waals surface area contributed by atoms with Gasteiger partial charge in [-0.1, -0.05) is 13.8 Å². The van der Waals surface area contributed by atoms with Gasteiger partial charge in [-0.25, -0.2) is 9.97 Å². The van der Waals surface area contributed by atoms with Crippen molar-refractivity contribution in [3.63, 3.8) is 0 Å². The molecule has 0 aliphatic rings. The van der Waals surface area contributed by atoms with Crippen LogP contribution in [0.2, 0.25) is 0 Å². The van der Waals surface area contributed by atoms with Crippen LogP contribution in [0.3, 0.4) is 0 Å². The molecule has 98 valence electrons. The molecule has 0 aromatic carbocycles. The summed E-state index contributed by atoms with van der Waals surface area (Å²) in [6, 6.07) is 0. The zero-order valence-electron chi connectivity index (χ0n) is 10.8. The number of anilines is 1. The van der Waals surface area contributed by atoms with Crippen molar-refractivity contribution in [3.8, 4) is 0 Å². The lowest BCUT2D eigenvalue weighted by Crippen LogP contribution is -2.25. The summed E-state index contributed by atoms with van der Waals surface area (Å²) >= 11 is 1.71. The van der Waals surface area contributed by atoms with Crippen molar-refractivity contribution in [2.75, 3.05) is 31.1 Å². The second-order valence-electron chi connectivity index (χ2n) is 4.00. The van der Waals surface area contributed by atoms with Gasteiger partial charge in [-0.15, -0.1) is 11.8 Å². The molecule has 0 saturated heterocycles. The predicted octanol–water partition coefficient (Wildman–Crippen LogP) is 1.75. The minimum Gasteiger partial charge on any atom is -0.382 e. The van der Waals surface area contributed by atoms with Gasteiger partial charge in [0.25, 0.3) is 0 Å². The Bertz CT molecular complexity index is 506. The highest BCUT2D eigenvalue weighted by Gasteiger charge is 2.07. The Kier molecular flexibility index (Phi) is 4.43. The van der Waals surface area contributed by atoms with Gasteiger partial charge in [-0.2, -0.15) is 0 Å². The van der Waals surface area contributed by atoms with Crippen LogP contribution in [-0.4, -0.2) is 44.7 Å². The van der Waals surface area contributed by atoms with E-state index in [4.69, 9.17) is 5.73 Å². The van der Waals surface area contributed by atoms with E-state index in [2.05, 4.69) is 28.7 Å². The predicted molar refractivity (Wildman–Crippen MR) is 75.9 cm³/mol. The lowest BCUT2D eigenvalue weighted by atomic mass is 10.5. The maximum atomic E-state index is 5.78. The van der Waals surface area contributed by atoms with Crippen LogP contribution >= 0.6 is 11.8 Å². The molecule has 2 aromatic rings. The third-order valence-corrected chi connectivity index (χ3v) is 3.84. The normalized spacial score (nSPS) is 11.5. The SMILES string of the molecule is CCN(CC)CCSc1nc(N)cn2ccnc12. The largest absolute Gasteiger partial charge is 0.382 e. The Balaban J connectivity index is 2.05. The van der Waals surface area contributed by atoms with Crippen molar-refractivity contribution in [3.05, 3.63) is 18.6 Å². The number of imidazole rings is 1. The molecule has 6 heteroatoms. The van der Waals surface area contributed by atoms with Crippen molar-refractivity contribution in [1.82, 2.24) is 19.3 Å². The van der Waals surface area contributed by atoms with E-state index >= 15 is 0 Å². The van der Waals surface area contributed by atoms with E-state index in [0.717, 1.165) is 36.1 Å². The molecule has 5 nitrogen and oxygen atoms in total. The van der Waals surface area contributed by atoms with Gasteiger partial charge in [0.1, 0.15) is 10.8 Å². The molecule has 0 spiro atoms. The quantitative estimate of drug-likeness (QED) is 0.806. The monoisotopic (exact) mass is 265 g/mol. The summed E-state index contributed by atoms with van der Waals surface area (Å²) < 4.78 is 1.92. The molecule has 0 radical (unpaired) electrons. The average molecular weight is 265 g/mol. The van der Waals surface area contributed by atoms with Crippen LogP contribution in [0.1, 0.15) is 13.8 Å². The summed E-state index contributed by atoms with van der Waals surface area (Å²) in [6.45, 7) is 7.58. The number of fused-ring (bicyclic) bond motifs is 1. The van der Waals surface area contributed by atoms with E-state index in [9.17, 15) is 0 Å². The number of nitrogens with zero attached hydrogens (tertiary/aromatic N) is 4. The van der Waals surface area contributed by atoms with Crippen LogP contribution in [0, 0.1) is 0 Å². The third kappa shape index (κ3) is 2.94. The second kappa shape index (κ2) is 6.06. The highest BCUT2D eigenvalue weighted by atomic mass is 32.2. The van der Waals surface area contributed by atoms with E-state index in [1.807, 2.05) is 10.6 Å². The van der Waals surface area contributed by atoms with Gasteiger partial charge in [0.05, 0.1) is 6.20 Å². The minimum atomic E-state index is 0.533. The highest BCUT2D eigenvalue weighted by Crippen LogP contribution is 2.21. The molecule has 2 aromatic heterocycles. The molecule has 0 fully saturated rings. The van der Waals surface area contributed by atoms with Gasteiger partial charge in [0.15, 0.2) is 5.65 Å². The van der Waals surface area contributed by atoms with E-state index in [1.54, 1.807) is 24.2 Å². The number of aromatic nitrogens is 3. The molecular weight excluding hydrogens is 246 g/mol. The number of nitrogen functional groups attached to an aromatic ring is 1. The summed E-state index contributed by atoms with van der Waals surface area (Å²) in [5.41, 5.74) is 6.67. The van der Waals surface area contributed by atoms with Crippen molar-refractivity contribution < 1.29 is 0 Å². The summed E-state index contributed by atoms with van der Waals surface area (Å²) in [4.78, 5) is 11.1. The number of hydrogen-bond acceptors (Lipinski definition) is 5. The minimum absolute atomic E-state index is 0.533. The standard InChI is InChI=1S/C12H19N5S/c1-3-16(4-2)7-8-18-12-11-14-5-6-17(11)9-10(13)15-12/h5-6,9H,3-4,7-8,13H2,1-2H3. The molecule has 18 heavy (non-hydrogen) atoms. The van der Waals surface area contributed by atoms with Gasteiger partial charge in [-0.05, 0) is 13.1 Å². The topological polar surface area (TPSA) is 59.5 Å². The molecular formula is C12H19N5S. The Morgan fingerprint density at radius 1 is 1.39 bits per heavy atom. The van der Waals surface area contributed by atoms with Gasteiger partial charge in [-0.3, -0.25) is 0 Å². The second-order valence-corrected chi connectivity index (χ2v) is 5.09. The lowest BCUT2D eigenvalue weighted by molar-refractivity contribution is 0.324. The zero-order chi connectivity index (χ0) is 13.0. The summed E-state index contributed by atoms with van der Waals surface area (Å²) in [5, 5.41) is 0.909. The summed E-state index contributed by atoms with van der Waals surface area (Å²) in [7, 11) is 0. The Hall–Kier alpha value is -1.27. The number of nitrogens with two attached hydrogens (primary N) is 1. The van der Waals surface area contributed by atoms with Crippen LogP contribution < -0.4 is 5.73 Å². The smallest absolute Gasteiger partial charge is 0.169 e. The van der Waals surface area contributed by atoms with Gasteiger partial charge >= 0.3 is 0 Å². The van der Waals surface area contributed by atoms with Crippen LogP contribution in [0.5, 0.6) is 0 Å². The van der Waals surface area contributed by atoms with E-state index in [1.165, 1.54) is 0 Å². The molecule has 2 N–H and O–H groups in total. The van der Waals surface area contributed by atoms with Crippen molar-refractivity contribution in [2.24, 2.45) is 0 Å². The molecule has 0 bridgehead atoms. The molecule has 0 saturated carbocycles. The molecule has 2 rings (SSSR count). The Morgan fingerprint density at radius 2 is 2.17 bits per heavy atom. The lowest BCUT2D eigenvalue weighted by Gasteiger charge is -2.17.